The second kappa shape index (κ2) is 4.97. The van der Waals surface area contributed by atoms with Gasteiger partial charge in [0.2, 0.25) is 0 Å². The first-order valence-electron chi connectivity index (χ1n) is 5.57. The molecule has 0 radical (unpaired) electrons. The number of nitrogens with two attached hydrogens (primary N) is 1. The van der Waals surface area contributed by atoms with Crippen molar-refractivity contribution >= 4 is 0 Å². The van der Waals surface area contributed by atoms with Crippen LogP contribution in [0.15, 0.2) is 0 Å². The molecule has 3 N–H and O–H groups in total. The monoisotopic (exact) mass is 184 g/mol. The molecule has 1 fully saturated rings. The van der Waals surface area contributed by atoms with E-state index in [0.717, 1.165) is 25.6 Å². The van der Waals surface area contributed by atoms with E-state index in [2.05, 4.69) is 19.2 Å². The van der Waals surface area contributed by atoms with Crippen molar-refractivity contribution in [3.05, 3.63) is 0 Å². The van der Waals surface area contributed by atoms with Gasteiger partial charge in [-0.15, -0.1) is 0 Å². The summed E-state index contributed by atoms with van der Waals surface area (Å²) >= 11 is 0. The lowest BCUT2D eigenvalue weighted by Crippen LogP contribution is -2.38. The largest absolute Gasteiger partial charge is 0.330 e. The normalized spacial score (nSPS) is 27.5. The summed E-state index contributed by atoms with van der Waals surface area (Å²) in [6.07, 6.45) is 6.57. The van der Waals surface area contributed by atoms with Crippen LogP contribution in [0.5, 0.6) is 0 Å². The maximum Gasteiger partial charge on any atom is 0.00721 e. The van der Waals surface area contributed by atoms with Crippen molar-refractivity contribution in [3.63, 3.8) is 0 Å². The summed E-state index contributed by atoms with van der Waals surface area (Å²) in [7, 11) is 0. The SMILES string of the molecule is CC1(C)CCCC(NCCCN)C1. The van der Waals surface area contributed by atoms with E-state index in [9.17, 15) is 0 Å². The van der Waals surface area contributed by atoms with Gasteiger partial charge in [0.25, 0.3) is 0 Å². The maximum atomic E-state index is 5.46. The summed E-state index contributed by atoms with van der Waals surface area (Å²) in [5.74, 6) is 0. The highest BCUT2D eigenvalue weighted by Gasteiger charge is 2.27. The predicted molar refractivity (Wildman–Crippen MR) is 57.7 cm³/mol. The van der Waals surface area contributed by atoms with Gasteiger partial charge in [-0.25, -0.2) is 0 Å². The van der Waals surface area contributed by atoms with Crippen LogP contribution in [0.2, 0.25) is 0 Å². The summed E-state index contributed by atoms with van der Waals surface area (Å²) in [6.45, 7) is 6.66. The highest BCUT2D eigenvalue weighted by atomic mass is 14.9. The summed E-state index contributed by atoms with van der Waals surface area (Å²) in [5.41, 5.74) is 6.01. The number of nitrogens with one attached hydrogen (secondary N) is 1. The van der Waals surface area contributed by atoms with Crippen LogP contribution < -0.4 is 11.1 Å². The van der Waals surface area contributed by atoms with Crippen molar-refractivity contribution in [1.29, 1.82) is 0 Å². The van der Waals surface area contributed by atoms with E-state index in [1.54, 1.807) is 0 Å². The van der Waals surface area contributed by atoms with Crippen molar-refractivity contribution in [1.82, 2.24) is 5.32 Å². The molecule has 2 heteroatoms. The molecule has 1 saturated carbocycles. The van der Waals surface area contributed by atoms with Gasteiger partial charge in [0, 0.05) is 6.04 Å². The van der Waals surface area contributed by atoms with E-state index in [1.807, 2.05) is 0 Å². The lowest BCUT2D eigenvalue weighted by Gasteiger charge is -2.35. The average molecular weight is 184 g/mol. The Morgan fingerprint density at radius 2 is 2.23 bits per heavy atom. The summed E-state index contributed by atoms with van der Waals surface area (Å²) in [5, 5.41) is 3.60. The summed E-state index contributed by atoms with van der Waals surface area (Å²) < 4.78 is 0. The predicted octanol–water partition coefficient (Wildman–Crippen LogP) is 1.89. The van der Waals surface area contributed by atoms with Gasteiger partial charge in [-0.3, -0.25) is 0 Å². The van der Waals surface area contributed by atoms with Gasteiger partial charge in [-0.1, -0.05) is 20.3 Å². The number of rotatable bonds is 4. The molecule has 78 valence electrons. The third kappa shape index (κ3) is 4.10. The highest BCUT2D eigenvalue weighted by molar-refractivity contribution is 4.83. The van der Waals surface area contributed by atoms with Gasteiger partial charge in [-0.05, 0) is 44.2 Å². The van der Waals surface area contributed by atoms with Crippen LogP contribution in [0.1, 0.15) is 46.0 Å². The van der Waals surface area contributed by atoms with Crippen LogP contribution in [0.4, 0.5) is 0 Å². The summed E-state index contributed by atoms with van der Waals surface area (Å²) in [6, 6.07) is 0.746. The molecule has 1 aliphatic rings. The Labute approximate surface area is 82.3 Å². The maximum absolute atomic E-state index is 5.46. The van der Waals surface area contributed by atoms with E-state index in [4.69, 9.17) is 5.73 Å². The molecule has 0 aromatic carbocycles. The molecule has 13 heavy (non-hydrogen) atoms. The van der Waals surface area contributed by atoms with Crippen molar-refractivity contribution in [2.24, 2.45) is 11.1 Å². The van der Waals surface area contributed by atoms with Crippen LogP contribution in [0.3, 0.4) is 0 Å². The lowest BCUT2D eigenvalue weighted by atomic mass is 9.75. The fourth-order valence-electron chi connectivity index (χ4n) is 2.28. The molecule has 0 aliphatic heterocycles. The topological polar surface area (TPSA) is 38.0 Å². The molecular weight excluding hydrogens is 160 g/mol. The Hall–Kier alpha value is -0.0800. The molecule has 0 spiro atoms. The molecule has 0 amide bonds. The third-order valence-electron chi connectivity index (χ3n) is 3.02. The average Bonchev–Trinajstić information content (AvgIpc) is 2.03. The first-order valence-corrected chi connectivity index (χ1v) is 5.57. The standard InChI is InChI=1S/C11H24N2/c1-11(2)6-3-5-10(9-11)13-8-4-7-12/h10,13H,3-9,12H2,1-2H3. The Balaban J connectivity index is 2.19. The molecule has 1 unspecified atom stereocenters. The molecule has 1 aliphatic carbocycles. The van der Waals surface area contributed by atoms with Gasteiger partial charge in [0.15, 0.2) is 0 Å². The molecule has 0 aromatic heterocycles. The minimum Gasteiger partial charge on any atom is -0.330 e. The van der Waals surface area contributed by atoms with Crippen LogP contribution >= 0.6 is 0 Å². The minimum atomic E-state index is 0.554. The molecule has 0 heterocycles. The van der Waals surface area contributed by atoms with E-state index < -0.39 is 0 Å². The van der Waals surface area contributed by atoms with Crippen LogP contribution in [0, 0.1) is 5.41 Å². The van der Waals surface area contributed by atoms with Gasteiger partial charge in [0.05, 0.1) is 0 Å². The fourth-order valence-corrected chi connectivity index (χ4v) is 2.28. The zero-order valence-electron chi connectivity index (χ0n) is 9.10. The van der Waals surface area contributed by atoms with Gasteiger partial charge < -0.3 is 11.1 Å². The minimum absolute atomic E-state index is 0.554. The van der Waals surface area contributed by atoms with Gasteiger partial charge in [0.1, 0.15) is 0 Å². The van der Waals surface area contributed by atoms with Crippen LogP contribution in [-0.4, -0.2) is 19.1 Å². The number of hydrogen-bond acceptors (Lipinski definition) is 2. The van der Waals surface area contributed by atoms with Crippen LogP contribution in [0.25, 0.3) is 0 Å². The Kier molecular flexibility index (Phi) is 4.20. The molecule has 0 saturated heterocycles. The lowest BCUT2D eigenvalue weighted by molar-refractivity contribution is 0.199. The number of hydrogen-bond donors (Lipinski definition) is 2. The van der Waals surface area contributed by atoms with Crippen molar-refractivity contribution in [2.75, 3.05) is 13.1 Å². The first-order chi connectivity index (χ1) is 6.14. The second-order valence-electron chi connectivity index (χ2n) is 5.05. The molecule has 0 aromatic rings. The van der Waals surface area contributed by atoms with Gasteiger partial charge in [-0.2, -0.15) is 0 Å². The molecule has 2 nitrogen and oxygen atoms in total. The van der Waals surface area contributed by atoms with E-state index in [-0.39, 0.29) is 0 Å². The van der Waals surface area contributed by atoms with E-state index in [0.29, 0.717) is 5.41 Å². The quantitative estimate of drug-likeness (QED) is 0.655. The Morgan fingerprint density at radius 1 is 1.46 bits per heavy atom. The van der Waals surface area contributed by atoms with E-state index >= 15 is 0 Å². The zero-order valence-corrected chi connectivity index (χ0v) is 9.10. The molecule has 1 rings (SSSR count). The smallest absolute Gasteiger partial charge is 0.00721 e. The third-order valence-corrected chi connectivity index (χ3v) is 3.02. The first kappa shape index (κ1) is 11.0. The zero-order chi connectivity index (χ0) is 9.73. The second-order valence-corrected chi connectivity index (χ2v) is 5.05. The van der Waals surface area contributed by atoms with Gasteiger partial charge >= 0.3 is 0 Å². The molecule has 0 bridgehead atoms. The highest BCUT2D eigenvalue weighted by Crippen LogP contribution is 2.34. The van der Waals surface area contributed by atoms with Crippen molar-refractivity contribution in [2.45, 2.75) is 52.0 Å². The molecular formula is C11H24N2. The molecule has 1 atom stereocenters. The van der Waals surface area contributed by atoms with Crippen molar-refractivity contribution < 1.29 is 0 Å². The Morgan fingerprint density at radius 3 is 2.85 bits per heavy atom. The fraction of sp³-hybridized carbons (Fsp3) is 1.00. The summed E-state index contributed by atoms with van der Waals surface area (Å²) in [4.78, 5) is 0. The van der Waals surface area contributed by atoms with Crippen LogP contribution in [-0.2, 0) is 0 Å². The van der Waals surface area contributed by atoms with Crippen molar-refractivity contribution in [3.8, 4) is 0 Å². The van der Waals surface area contributed by atoms with E-state index in [1.165, 1.54) is 25.7 Å². The Bertz CT molecular complexity index is 143.